The number of nitrogens with zero attached hydrogens (tertiary/aromatic N) is 2. The van der Waals surface area contributed by atoms with Crippen molar-refractivity contribution in [2.45, 2.75) is 32.4 Å². The van der Waals surface area contributed by atoms with E-state index in [9.17, 15) is 14.0 Å². The molecule has 1 unspecified atom stereocenters. The summed E-state index contributed by atoms with van der Waals surface area (Å²) in [6.45, 7) is 4.39. The molecule has 35 heavy (non-hydrogen) atoms. The van der Waals surface area contributed by atoms with E-state index in [0.29, 0.717) is 18.0 Å². The fourth-order valence-electron chi connectivity index (χ4n) is 4.29. The van der Waals surface area contributed by atoms with Gasteiger partial charge >= 0.3 is 0 Å². The summed E-state index contributed by atoms with van der Waals surface area (Å²) in [6, 6.07) is 14.5. The standard InChI is InChI=1S/C27H29FN2O4S/c1-18(2)30(27(32)19-7-6-8-20(28)15-19)16-26(31)29-13-11-25-21(12-14-35-25)22(29)17-34-24-10-5-4-9-23(24)33-3/h4-10,12,14-15,18,22H,11,13,16-17H2,1-3H3. The predicted molar refractivity (Wildman–Crippen MR) is 134 cm³/mol. The van der Waals surface area contributed by atoms with Crippen LogP contribution in [0.2, 0.25) is 0 Å². The van der Waals surface area contributed by atoms with Crippen LogP contribution in [-0.2, 0) is 11.2 Å². The number of halogens is 1. The average molecular weight is 497 g/mol. The Morgan fingerprint density at radius 3 is 2.63 bits per heavy atom. The van der Waals surface area contributed by atoms with Crippen LogP contribution in [-0.4, -0.2) is 54.5 Å². The first-order valence-corrected chi connectivity index (χ1v) is 12.4. The Morgan fingerprint density at radius 1 is 1.14 bits per heavy atom. The zero-order valence-corrected chi connectivity index (χ0v) is 20.9. The summed E-state index contributed by atoms with van der Waals surface area (Å²) >= 11 is 1.68. The number of methoxy groups -OCH3 is 1. The number of rotatable bonds is 8. The average Bonchev–Trinajstić information content (AvgIpc) is 3.34. The van der Waals surface area contributed by atoms with Gasteiger partial charge in [-0.1, -0.05) is 18.2 Å². The Labute approximate surface area is 208 Å². The van der Waals surface area contributed by atoms with Crippen molar-refractivity contribution >= 4 is 23.2 Å². The summed E-state index contributed by atoms with van der Waals surface area (Å²) in [6.07, 6.45) is 0.753. The van der Waals surface area contributed by atoms with Gasteiger partial charge in [0.1, 0.15) is 19.0 Å². The molecule has 0 radical (unpaired) electrons. The summed E-state index contributed by atoms with van der Waals surface area (Å²) in [5, 5.41) is 2.03. The van der Waals surface area contributed by atoms with Gasteiger partial charge in [-0.2, -0.15) is 0 Å². The third-order valence-corrected chi connectivity index (χ3v) is 7.14. The van der Waals surface area contributed by atoms with Gasteiger partial charge in [0.15, 0.2) is 11.5 Å². The lowest BCUT2D eigenvalue weighted by atomic mass is 10.00. The number of ether oxygens (including phenoxy) is 2. The molecule has 0 spiro atoms. The van der Waals surface area contributed by atoms with Gasteiger partial charge in [0.05, 0.1) is 13.2 Å². The highest BCUT2D eigenvalue weighted by molar-refractivity contribution is 7.10. The molecule has 0 N–H and O–H groups in total. The first-order valence-electron chi connectivity index (χ1n) is 11.6. The molecule has 0 saturated carbocycles. The molecule has 2 aromatic carbocycles. The fourth-order valence-corrected chi connectivity index (χ4v) is 5.22. The molecular weight excluding hydrogens is 467 g/mol. The molecule has 8 heteroatoms. The van der Waals surface area contributed by atoms with Crippen LogP contribution in [0.25, 0.3) is 0 Å². The molecule has 2 amide bonds. The lowest BCUT2D eigenvalue weighted by Gasteiger charge is -2.37. The monoisotopic (exact) mass is 496 g/mol. The number of hydrogen-bond donors (Lipinski definition) is 0. The van der Waals surface area contributed by atoms with Gasteiger partial charge in [0.2, 0.25) is 5.91 Å². The number of para-hydroxylation sites is 2. The maximum atomic E-state index is 13.7. The maximum absolute atomic E-state index is 13.7. The van der Waals surface area contributed by atoms with Gasteiger partial charge < -0.3 is 19.3 Å². The number of thiophene rings is 1. The van der Waals surface area contributed by atoms with E-state index in [4.69, 9.17) is 9.47 Å². The van der Waals surface area contributed by atoms with Gasteiger partial charge in [-0.25, -0.2) is 4.39 Å². The molecule has 1 aliphatic rings. The van der Waals surface area contributed by atoms with Crippen molar-refractivity contribution in [1.82, 2.24) is 9.80 Å². The molecule has 1 aliphatic heterocycles. The van der Waals surface area contributed by atoms with E-state index in [-0.39, 0.29) is 42.6 Å². The Hall–Kier alpha value is -3.39. The highest BCUT2D eigenvalue weighted by Gasteiger charge is 2.34. The zero-order valence-electron chi connectivity index (χ0n) is 20.1. The molecule has 1 aromatic heterocycles. The summed E-state index contributed by atoms with van der Waals surface area (Å²) in [5.74, 6) is 0.200. The van der Waals surface area contributed by atoms with Crippen LogP contribution in [0.15, 0.2) is 60.0 Å². The van der Waals surface area contributed by atoms with Crippen molar-refractivity contribution in [3.63, 3.8) is 0 Å². The van der Waals surface area contributed by atoms with Crippen molar-refractivity contribution in [3.05, 3.63) is 81.8 Å². The topological polar surface area (TPSA) is 59.1 Å². The highest BCUT2D eigenvalue weighted by atomic mass is 32.1. The molecule has 184 valence electrons. The van der Waals surface area contributed by atoms with Gasteiger partial charge in [0.25, 0.3) is 5.91 Å². The van der Waals surface area contributed by atoms with E-state index < -0.39 is 5.82 Å². The largest absolute Gasteiger partial charge is 0.493 e. The number of hydrogen-bond acceptors (Lipinski definition) is 5. The van der Waals surface area contributed by atoms with E-state index in [0.717, 1.165) is 12.0 Å². The minimum Gasteiger partial charge on any atom is -0.493 e. The lowest BCUT2D eigenvalue weighted by molar-refractivity contribution is -0.136. The van der Waals surface area contributed by atoms with Crippen molar-refractivity contribution < 1.29 is 23.5 Å². The second-order valence-electron chi connectivity index (χ2n) is 8.65. The van der Waals surface area contributed by atoms with Crippen LogP contribution < -0.4 is 9.47 Å². The zero-order chi connectivity index (χ0) is 24.9. The number of carbonyl (C=O) groups is 2. The Kier molecular flexibility index (Phi) is 7.70. The highest BCUT2D eigenvalue weighted by Crippen LogP contribution is 2.35. The first kappa shape index (κ1) is 24.7. The van der Waals surface area contributed by atoms with Crippen molar-refractivity contribution in [3.8, 4) is 11.5 Å². The molecule has 0 fully saturated rings. The van der Waals surface area contributed by atoms with Gasteiger partial charge in [-0.15, -0.1) is 11.3 Å². The van der Waals surface area contributed by atoms with E-state index in [1.807, 2.05) is 49.6 Å². The van der Waals surface area contributed by atoms with Crippen LogP contribution in [0.5, 0.6) is 11.5 Å². The SMILES string of the molecule is COc1ccccc1OCC1c2ccsc2CCN1C(=O)CN(C(=O)c1cccc(F)c1)C(C)C. The molecule has 3 aromatic rings. The second-order valence-corrected chi connectivity index (χ2v) is 9.65. The third kappa shape index (κ3) is 5.48. The van der Waals surface area contributed by atoms with Crippen molar-refractivity contribution in [2.75, 3.05) is 26.8 Å². The quantitative estimate of drug-likeness (QED) is 0.443. The van der Waals surface area contributed by atoms with E-state index >= 15 is 0 Å². The number of carbonyl (C=O) groups excluding carboxylic acids is 2. The normalized spacial score (nSPS) is 15.0. The Balaban J connectivity index is 1.55. The molecule has 0 bridgehead atoms. The smallest absolute Gasteiger partial charge is 0.254 e. The summed E-state index contributed by atoms with van der Waals surface area (Å²) in [4.78, 5) is 31.2. The van der Waals surface area contributed by atoms with Crippen LogP contribution in [0.3, 0.4) is 0 Å². The van der Waals surface area contributed by atoms with E-state index in [2.05, 4.69) is 0 Å². The summed E-state index contributed by atoms with van der Waals surface area (Å²) in [5.41, 5.74) is 1.29. The van der Waals surface area contributed by atoms with Crippen LogP contribution in [0, 0.1) is 5.82 Å². The molecule has 1 atom stereocenters. The van der Waals surface area contributed by atoms with E-state index in [1.165, 1.54) is 28.0 Å². The van der Waals surface area contributed by atoms with Gasteiger partial charge in [-0.05, 0) is 67.6 Å². The number of benzene rings is 2. The second kappa shape index (κ2) is 10.9. The molecule has 0 saturated heterocycles. The van der Waals surface area contributed by atoms with Crippen LogP contribution >= 0.6 is 11.3 Å². The van der Waals surface area contributed by atoms with Crippen LogP contribution in [0.4, 0.5) is 4.39 Å². The molecule has 6 nitrogen and oxygen atoms in total. The molecule has 4 rings (SSSR count). The van der Waals surface area contributed by atoms with Crippen LogP contribution in [0.1, 0.15) is 40.7 Å². The summed E-state index contributed by atoms with van der Waals surface area (Å²) in [7, 11) is 1.59. The van der Waals surface area contributed by atoms with Crippen molar-refractivity contribution in [1.29, 1.82) is 0 Å². The van der Waals surface area contributed by atoms with E-state index in [1.54, 1.807) is 29.4 Å². The van der Waals surface area contributed by atoms with Crippen molar-refractivity contribution in [2.24, 2.45) is 0 Å². The maximum Gasteiger partial charge on any atom is 0.254 e. The predicted octanol–water partition coefficient (Wildman–Crippen LogP) is 4.95. The first-order chi connectivity index (χ1) is 16.9. The number of fused-ring (bicyclic) bond motifs is 1. The van der Waals surface area contributed by atoms with Gasteiger partial charge in [0, 0.05) is 23.0 Å². The molecule has 0 aliphatic carbocycles. The minimum atomic E-state index is -0.486. The van der Waals surface area contributed by atoms with Gasteiger partial charge in [-0.3, -0.25) is 9.59 Å². The summed E-state index contributed by atoms with van der Waals surface area (Å²) < 4.78 is 25.2. The molecular formula is C27H29FN2O4S. The lowest BCUT2D eigenvalue weighted by Crippen LogP contribution is -2.49. The molecule has 2 heterocycles. The fraction of sp³-hybridized carbons (Fsp3) is 0.333. The minimum absolute atomic E-state index is 0.0996. The number of amides is 2. The Bertz CT molecular complexity index is 1200. The third-order valence-electron chi connectivity index (χ3n) is 6.14. The Morgan fingerprint density at radius 2 is 1.91 bits per heavy atom.